The molecule has 0 spiro atoms. The number of aryl methyl sites for hydroxylation is 1. The summed E-state index contributed by atoms with van der Waals surface area (Å²) in [6.45, 7) is 2.22. The number of halogens is 1. The largest absolute Gasteiger partial charge is 0.484 e. The molecule has 148 valence electrons. The minimum Gasteiger partial charge on any atom is -0.484 e. The molecule has 0 unspecified atom stereocenters. The van der Waals surface area contributed by atoms with Crippen LogP contribution in [0.3, 0.4) is 0 Å². The molecule has 0 radical (unpaired) electrons. The molecule has 1 fully saturated rings. The van der Waals surface area contributed by atoms with Crippen LogP contribution in [0.5, 0.6) is 5.75 Å². The molecule has 0 aromatic heterocycles. The normalized spacial score (nSPS) is 14.0. The quantitative estimate of drug-likeness (QED) is 0.715. The number of carbonyl (C=O) groups excluding carboxylic acids is 2. The van der Waals surface area contributed by atoms with E-state index in [1.54, 1.807) is 29.2 Å². The molecule has 2 amide bonds. The van der Waals surface area contributed by atoms with E-state index < -0.39 is 0 Å². The number of nitrogens with zero attached hydrogens (tertiary/aromatic N) is 2. The molecule has 2 aromatic rings. The Morgan fingerprint density at radius 2 is 1.57 bits per heavy atom. The Bertz CT molecular complexity index is 789. The van der Waals surface area contributed by atoms with Crippen LogP contribution in [0.15, 0.2) is 54.6 Å². The van der Waals surface area contributed by atoms with E-state index in [4.69, 9.17) is 16.3 Å². The molecular formula is C22H25ClN2O3. The van der Waals surface area contributed by atoms with E-state index in [1.165, 1.54) is 5.56 Å². The lowest BCUT2D eigenvalue weighted by Crippen LogP contribution is -2.51. The number of hydrogen-bond donors (Lipinski definition) is 0. The second kappa shape index (κ2) is 10.1. The van der Waals surface area contributed by atoms with Crippen LogP contribution in [-0.2, 0) is 16.0 Å². The smallest absolute Gasteiger partial charge is 0.260 e. The molecule has 1 aliphatic heterocycles. The van der Waals surface area contributed by atoms with Crippen molar-refractivity contribution in [1.29, 1.82) is 0 Å². The summed E-state index contributed by atoms with van der Waals surface area (Å²) in [5.41, 5.74) is 1.26. The summed E-state index contributed by atoms with van der Waals surface area (Å²) >= 11 is 5.91. The molecule has 28 heavy (non-hydrogen) atoms. The van der Waals surface area contributed by atoms with Crippen LogP contribution >= 0.6 is 11.6 Å². The van der Waals surface area contributed by atoms with Gasteiger partial charge >= 0.3 is 0 Å². The minimum atomic E-state index is -0.0730. The molecular weight excluding hydrogens is 376 g/mol. The number of hydrogen-bond acceptors (Lipinski definition) is 3. The van der Waals surface area contributed by atoms with E-state index in [1.807, 2.05) is 23.1 Å². The van der Waals surface area contributed by atoms with Gasteiger partial charge in [0, 0.05) is 37.6 Å². The van der Waals surface area contributed by atoms with Gasteiger partial charge in [-0.15, -0.1) is 0 Å². The first kappa shape index (κ1) is 20.2. The van der Waals surface area contributed by atoms with Crippen LogP contribution in [0.2, 0.25) is 5.02 Å². The summed E-state index contributed by atoms with van der Waals surface area (Å²) in [6.07, 6.45) is 2.29. The van der Waals surface area contributed by atoms with Crippen LogP contribution in [0.4, 0.5) is 0 Å². The summed E-state index contributed by atoms with van der Waals surface area (Å²) < 4.78 is 5.52. The first-order chi connectivity index (χ1) is 13.6. The van der Waals surface area contributed by atoms with Gasteiger partial charge in [0.15, 0.2) is 6.61 Å². The van der Waals surface area contributed by atoms with Crippen molar-refractivity contribution < 1.29 is 14.3 Å². The predicted molar refractivity (Wildman–Crippen MR) is 109 cm³/mol. The topological polar surface area (TPSA) is 49.9 Å². The first-order valence-corrected chi connectivity index (χ1v) is 9.97. The molecule has 0 aliphatic carbocycles. The Hall–Kier alpha value is -2.53. The monoisotopic (exact) mass is 400 g/mol. The van der Waals surface area contributed by atoms with Gasteiger partial charge in [-0.05, 0) is 36.6 Å². The third-order valence-electron chi connectivity index (χ3n) is 4.84. The standard InChI is InChI=1S/C22H25ClN2O3/c23-19-9-5-10-20(16-19)28-17-22(27)25-14-12-24(13-15-25)21(26)11-4-8-18-6-2-1-3-7-18/h1-3,5-7,9-10,16H,4,8,11-15,17H2. The SMILES string of the molecule is O=C(CCCc1ccccc1)N1CCN(C(=O)COc2cccc(Cl)c2)CC1. The maximum Gasteiger partial charge on any atom is 0.260 e. The third-order valence-corrected chi connectivity index (χ3v) is 5.08. The van der Waals surface area contributed by atoms with E-state index in [9.17, 15) is 9.59 Å². The maximum atomic E-state index is 12.4. The molecule has 0 N–H and O–H groups in total. The Balaban J connectivity index is 1.36. The fourth-order valence-corrected chi connectivity index (χ4v) is 3.43. The lowest BCUT2D eigenvalue weighted by molar-refractivity contribution is -0.140. The number of amides is 2. The Kier molecular flexibility index (Phi) is 7.31. The highest BCUT2D eigenvalue weighted by Gasteiger charge is 2.24. The van der Waals surface area contributed by atoms with Crippen molar-refractivity contribution in [3.63, 3.8) is 0 Å². The van der Waals surface area contributed by atoms with Gasteiger partial charge in [0.25, 0.3) is 5.91 Å². The number of piperazine rings is 1. The highest BCUT2D eigenvalue weighted by atomic mass is 35.5. The number of rotatable bonds is 7. The Morgan fingerprint density at radius 3 is 2.25 bits per heavy atom. The van der Waals surface area contributed by atoms with Crippen LogP contribution in [0.1, 0.15) is 18.4 Å². The average molecular weight is 401 g/mol. The van der Waals surface area contributed by atoms with Crippen molar-refractivity contribution >= 4 is 23.4 Å². The van der Waals surface area contributed by atoms with Crippen molar-refractivity contribution in [3.8, 4) is 5.75 Å². The summed E-state index contributed by atoms with van der Waals surface area (Å²) in [7, 11) is 0. The van der Waals surface area contributed by atoms with Crippen LogP contribution < -0.4 is 4.74 Å². The molecule has 0 saturated carbocycles. The van der Waals surface area contributed by atoms with Crippen molar-refractivity contribution in [3.05, 3.63) is 65.2 Å². The fraction of sp³-hybridized carbons (Fsp3) is 0.364. The molecule has 5 nitrogen and oxygen atoms in total. The molecule has 0 atom stereocenters. The van der Waals surface area contributed by atoms with Crippen molar-refractivity contribution in [2.45, 2.75) is 19.3 Å². The van der Waals surface area contributed by atoms with E-state index >= 15 is 0 Å². The summed E-state index contributed by atoms with van der Waals surface area (Å²) in [4.78, 5) is 28.3. The molecule has 6 heteroatoms. The van der Waals surface area contributed by atoms with Crippen molar-refractivity contribution in [1.82, 2.24) is 9.80 Å². The first-order valence-electron chi connectivity index (χ1n) is 9.59. The second-order valence-corrected chi connectivity index (χ2v) is 7.28. The van der Waals surface area contributed by atoms with Gasteiger partial charge in [0.2, 0.25) is 5.91 Å². The van der Waals surface area contributed by atoms with E-state index in [-0.39, 0.29) is 18.4 Å². The highest BCUT2D eigenvalue weighted by Crippen LogP contribution is 2.17. The Morgan fingerprint density at radius 1 is 0.893 bits per heavy atom. The van der Waals surface area contributed by atoms with Crippen LogP contribution in [-0.4, -0.2) is 54.4 Å². The summed E-state index contributed by atoms with van der Waals surface area (Å²) in [5.74, 6) is 0.669. The Labute approximate surface area is 170 Å². The van der Waals surface area contributed by atoms with Gasteiger partial charge in [0.1, 0.15) is 5.75 Å². The van der Waals surface area contributed by atoms with Gasteiger partial charge in [-0.3, -0.25) is 9.59 Å². The van der Waals surface area contributed by atoms with Crippen molar-refractivity contribution in [2.24, 2.45) is 0 Å². The van der Waals surface area contributed by atoms with Crippen LogP contribution in [0, 0.1) is 0 Å². The van der Waals surface area contributed by atoms with Gasteiger partial charge in [0.05, 0.1) is 0 Å². The maximum absolute atomic E-state index is 12.4. The molecule has 1 aliphatic rings. The number of ether oxygens (including phenoxy) is 1. The lowest BCUT2D eigenvalue weighted by Gasteiger charge is -2.34. The van der Waals surface area contributed by atoms with E-state index in [0.717, 1.165) is 12.8 Å². The highest BCUT2D eigenvalue weighted by molar-refractivity contribution is 6.30. The van der Waals surface area contributed by atoms with Gasteiger partial charge in [-0.1, -0.05) is 48.0 Å². The summed E-state index contributed by atoms with van der Waals surface area (Å²) in [6, 6.07) is 17.2. The van der Waals surface area contributed by atoms with Crippen molar-refractivity contribution in [2.75, 3.05) is 32.8 Å². The third kappa shape index (κ3) is 5.99. The number of benzene rings is 2. The molecule has 2 aromatic carbocycles. The number of carbonyl (C=O) groups is 2. The molecule has 1 heterocycles. The minimum absolute atomic E-state index is 0.0225. The van der Waals surface area contributed by atoms with Crippen LogP contribution in [0.25, 0.3) is 0 Å². The second-order valence-electron chi connectivity index (χ2n) is 6.85. The van der Waals surface area contributed by atoms with Gasteiger partial charge in [-0.2, -0.15) is 0 Å². The zero-order chi connectivity index (χ0) is 19.8. The molecule has 1 saturated heterocycles. The average Bonchev–Trinajstić information content (AvgIpc) is 2.73. The van der Waals surface area contributed by atoms with E-state index in [2.05, 4.69) is 12.1 Å². The fourth-order valence-electron chi connectivity index (χ4n) is 3.24. The predicted octanol–water partition coefficient (Wildman–Crippen LogP) is 3.41. The molecule has 3 rings (SSSR count). The zero-order valence-electron chi connectivity index (χ0n) is 15.9. The zero-order valence-corrected chi connectivity index (χ0v) is 16.6. The van der Waals surface area contributed by atoms with Gasteiger partial charge in [-0.25, -0.2) is 0 Å². The molecule has 0 bridgehead atoms. The lowest BCUT2D eigenvalue weighted by atomic mass is 10.1. The van der Waals surface area contributed by atoms with E-state index in [0.29, 0.717) is 43.4 Å². The van der Waals surface area contributed by atoms with Gasteiger partial charge < -0.3 is 14.5 Å². The summed E-state index contributed by atoms with van der Waals surface area (Å²) in [5, 5.41) is 0.573.